The number of nitrogens with one attached hydrogen (secondary N) is 2. The van der Waals surface area contributed by atoms with E-state index in [2.05, 4.69) is 15.0 Å². The molecule has 0 atom stereocenters. The topological polar surface area (TPSA) is 128 Å². The summed E-state index contributed by atoms with van der Waals surface area (Å²) in [4.78, 5) is 31.3. The van der Waals surface area contributed by atoms with Crippen LogP contribution >= 0.6 is 0 Å². The molecule has 2 N–H and O–H groups in total. The lowest BCUT2D eigenvalue weighted by atomic mass is 10.0. The fourth-order valence-corrected chi connectivity index (χ4v) is 5.94. The van der Waals surface area contributed by atoms with Crippen molar-refractivity contribution in [1.82, 2.24) is 19.4 Å². The summed E-state index contributed by atoms with van der Waals surface area (Å²) in [5, 5.41) is 3.23. The molecule has 3 aromatic carbocycles. The van der Waals surface area contributed by atoms with E-state index in [9.17, 15) is 26.8 Å². The molecule has 45 heavy (non-hydrogen) atoms. The summed E-state index contributed by atoms with van der Waals surface area (Å²) < 4.78 is 65.6. The average Bonchev–Trinajstić information content (AvgIpc) is 3.56. The molecule has 6 aromatic rings. The van der Waals surface area contributed by atoms with Crippen molar-refractivity contribution in [3.8, 4) is 34.0 Å². The summed E-state index contributed by atoms with van der Waals surface area (Å²) in [7, 11) is 0.848. The number of fused-ring (bicyclic) bond motifs is 2. The summed E-state index contributed by atoms with van der Waals surface area (Å²) in [5.74, 6) is -1.51. The maximum absolute atomic E-state index is 14.6. The van der Waals surface area contributed by atoms with Crippen molar-refractivity contribution in [3.05, 3.63) is 94.4 Å². The third-order valence-electron chi connectivity index (χ3n) is 7.66. The molecule has 230 valence electrons. The number of halogens is 2. The number of sulfonamides is 1. The fourth-order valence-electron chi connectivity index (χ4n) is 5.29. The van der Waals surface area contributed by atoms with Gasteiger partial charge in [-0.3, -0.25) is 14.3 Å². The quantitative estimate of drug-likeness (QED) is 0.242. The fraction of sp³-hybridized carbons (Fsp3) is 0.156. The second-order valence-corrected chi connectivity index (χ2v) is 12.5. The van der Waals surface area contributed by atoms with E-state index in [1.54, 1.807) is 29.8 Å². The molecule has 3 heterocycles. The van der Waals surface area contributed by atoms with Crippen LogP contribution < -0.4 is 15.6 Å². The van der Waals surface area contributed by atoms with Gasteiger partial charge in [0.2, 0.25) is 10.0 Å². The lowest BCUT2D eigenvalue weighted by Gasteiger charge is -2.14. The molecule has 0 radical (unpaired) electrons. The van der Waals surface area contributed by atoms with Crippen LogP contribution in [0, 0.1) is 11.6 Å². The number of anilines is 1. The van der Waals surface area contributed by atoms with Gasteiger partial charge in [-0.1, -0.05) is 6.07 Å². The first kappa shape index (κ1) is 29.8. The zero-order valence-corrected chi connectivity index (χ0v) is 25.4. The van der Waals surface area contributed by atoms with Gasteiger partial charge in [-0.25, -0.2) is 22.2 Å². The van der Waals surface area contributed by atoms with E-state index >= 15 is 0 Å². The Labute approximate surface area is 256 Å². The summed E-state index contributed by atoms with van der Waals surface area (Å²) >= 11 is 0. The highest BCUT2D eigenvalue weighted by Gasteiger charge is 2.26. The maximum atomic E-state index is 14.6. The van der Waals surface area contributed by atoms with Crippen molar-refractivity contribution in [2.24, 2.45) is 14.1 Å². The largest absolute Gasteiger partial charge is 0.455 e. The summed E-state index contributed by atoms with van der Waals surface area (Å²) in [6, 6.07) is 14.6. The molecule has 0 spiro atoms. The lowest BCUT2D eigenvalue weighted by molar-refractivity contribution is 0.0964. The number of amides is 1. The lowest BCUT2D eigenvalue weighted by Crippen LogP contribution is -2.21. The van der Waals surface area contributed by atoms with E-state index in [0.29, 0.717) is 27.5 Å². The van der Waals surface area contributed by atoms with E-state index in [4.69, 9.17) is 4.42 Å². The second kappa shape index (κ2) is 11.0. The van der Waals surface area contributed by atoms with Crippen LogP contribution in [0.2, 0.25) is 0 Å². The first-order valence-electron chi connectivity index (χ1n) is 13.8. The van der Waals surface area contributed by atoms with Crippen molar-refractivity contribution in [2.75, 3.05) is 17.5 Å². The third kappa shape index (κ3) is 5.14. The third-order valence-corrected chi connectivity index (χ3v) is 8.95. The van der Waals surface area contributed by atoms with Crippen LogP contribution in [0.4, 0.5) is 14.5 Å². The van der Waals surface area contributed by atoms with Gasteiger partial charge in [0.1, 0.15) is 23.0 Å². The summed E-state index contributed by atoms with van der Waals surface area (Å²) in [5.41, 5.74) is 1.72. The Morgan fingerprint density at radius 2 is 1.76 bits per heavy atom. The Hall–Kier alpha value is -5.30. The van der Waals surface area contributed by atoms with Gasteiger partial charge >= 0.3 is 0 Å². The minimum Gasteiger partial charge on any atom is -0.455 e. The Balaban J connectivity index is 1.65. The number of benzene rings is 3. The van der Waals surface area contributed by atoms with Gasteiger partial charge in [0, 0.05) is 55.3 Å². The van der Waals surface area contributed by atoms with Gasteiger partial charge in [-0.2, -0.15) is 0 Å². The number of carbonyl (C=O) groups is 1. The molecule has 1 amide bonds. The van der Waals surface area contributed by atoms with Crippen LogP contribution in [-0.4, -0.2) is 41.2 Å². The highest BCUT2D eigenvalue weighted by atomic mass is 32.2. The molecule has 13 heteroatoms. The predicted molar refractivity (Wildman–Crippen MR) is 168 cm³/mol. The van der Waals surface area contributed by atoms with E-state index in [1.165, 1.54) is 74.2 Å². The minimum absolute atomic E-state index is 0.00298. The molecule has 0 aliphatic carbocycles. The number of hydrogen-bond acceptors (Lipinski definition) is 6. The summed E-state index contributed by atoms with van der Waals surface area (Å²) in [6.45, 7) is 1.48. The molecule has 10 nitrogen and oxygen atoms in total. The number of hydrogen-bond donors (Lipinski definition) is 2. The Kier molecular flexibility index (Phi) is 7.28. The first-order valence-corrected chi connectivity index (χ1v) is 15.5. The van der Waals surface area contributed by atoms with Crippen molar-refractivity contribution in [1.29, 1.82) is 0 Å². The number of aryl methyl sites for hydroxylation is 2. The highest BCUT2D eigenvalue weighted by molar-refractivity contribution is 7.92. The molecule has 0 saturated carbocycles. The van der Waals surface area contributed by atoms with Crippen LogP contribution in [0.1, 0.15) is 17.3 Å². The van der Waals surface area contributed by atoms with E-state index in [1.807, 2.05) is 0 Å². The molecule has 0 saturated heterocycles. The van der Waals surface area contributed by atoms with Crippen LogP contribution in [0.25, 0.3) is 55.8 Å². The van der Waals surface area contributed by atoms with Gasteiger partial charge in [0.15, 0.2) is 5.69 Å². The van der Waals surface area contributed by atoms with Crippen LogP contribution in [0.3, 0.4) is 0 Å². The Bertz CT molecular complexity index is 2320. The maximum Gasteiger partial charge on any atom is 0.278 e. The zero-order valence-electron chi connectivity index (χ0n) is 24.6. The van der Waals surface area contributed by atoms with Gasteiger partial charge < -0.3 is 18.9 Å². The number of furan rings is 1. The molecular formula is C32H27F2N5O5S. The predicted octanol–water partition coefficient (Wildman–Crippen LogP) is 5.42. The van der Waals surface area contributed by atoms with Gasteiger partial charge in [0.25, 0.3) is 11.5 Å². The van der Waals surface area contributed by atoms with E-state index in [0.717, 1.165) is 0 Å². The standard InChI is InChI=1S/C32H27F2N5O5S/c1-5-45(42,43)37-23-15-27-21(28(31(40)35-2)30(44-27)17-9-11-18(33)12-10-17)13-20(23)24-16-38(3)32(41)29(36-24)26-14-19-22(34)7-6-8-25(19)39(26)4/h6-16,37H,5H2,1-4H3,(H,35,40). The molecule has 0 aliphatic rings. The normalized spacial score (nSPS) is 11.8. The highest BCUT2D eigenvalue weighted by Crippen LogP contribution is 2.40. The molecular weight excluding hydrogens is 604 g/mol. The number of rotatable bonds is 7. The van der Waals surface area contributed by atoms with Crippen LogP contribution in [0.15, 0.2) is 76.1 Å². The zero-order chi connectivity index (χ0) is 32.2. The monoisotopic (exact) mass is 631 g/mol. The minimum atomic E-state index is -3.82. The van der Waals surface area contributed by atoms with Crippen molar-refractivity contribution in [2.45, 2.75) is 6.92 Å². The van der Waals surface area contributed by atoms with E-state index < -0.39 is 33.1 Å². The summed E-state index contributed by atoms with van der Waals surface area (Å²) in [6.07, 6.45) is 1.44. The molecule has 6 rings (SSSR count). The molecule has 0 aliphatic heterocycles. The van der Waals surface area contributed by atoms with Gasteiger partial charge in [-0.15, -0.1) is 0 Å². The number of nitrogens with zero attached hydrogens (tertiary/aromatic N) is 3. The Morgan fingerprint density at radius 1 is 1.02 bits per heavy atom. The van der Waals surface area contributed by atoms with Crippen molar-refractivity contribution >= 4 is 43.5 Å². The van der Waals surface area contributed by atoms with Crippen molar-refractivity contribution < 1.29 is 26.4 Å². The van der Waals surface area contributed by atoms with Gasteiger partial charge in [-0.05, 0) is 55.5 Å². The van der Waals surface area contributed by atoms with E-state index in [-0.39, 0.29) is 45.3 Å². The SMILES string of the molecule is CCS(=O)(=O)Nc1cc2oc(-c3ccc(F)cc3)c(C(=O)NC)c2cc1-c1cn(C)c(=O)c(-c2cc3c(F)cccc3n2C)n1. The molecule has 0 fully saturated rings. The van der Waals surface area contributed by atoms with Crippen LogP contribution in [0.5, 0.6) is 0 Å². The average molecular weight is 632 g/mol. The van der Waals surface area contributed by atoms with Crippen molar-refractivity contribution in [3.63, 3.8) is 0 Å². The second-order valence-electron chi connectivity index (χ2n) is 10.4. The van der Waals surface area contributed by atoms with Crippen LogP contribution in [-0.2, 0) is 24.1 Å². The smallest absolute Gasteiger partial charge is 0.278 e. The molecule has 3 aromatic heterocycles. The first-order chi connectivity index (χ1) is 21.4. The Morgan fingerprint density at radius 3 is 2.42 bits per heavy atom. The molecule has 0 bridgehead atoms. The molecule has 0 unspecified atom stereocenters. The number of aromatic nitrogens is 3. The van der Waals surface area contributed by atoms with Gasteiger partial charge in [0.05, 0.1) is 33.9 Å². The number of carbonyl (C=O) groups excluding carboxylic acids is 1.